The fraction of sp³-hybridized carbons (Fsp3) is 0.263. The lowest BCUT2D eigenvalue weighted by Gasteiger charge is -2.19. The SMILES string of the molecule is C[C@H](NCC(=O)N(C)Cc1nc2ccccc2s1)c1ccc(Cl)cc1. The van der Waals surface area contributed by atoms with E-state index in [0.717, 1.165) is 20.8 Å². The molecule has 1 aromatic heterocycles. The number of fused-ring (bicyclic) bond motifs is 1. The summed E-state index contributed by atoms with van der Waals surface area (Å²) in [6.45, 7) is 2.84. The van der Waals surface area contributed by atoms with E-state index in [9.17, 15) is 4.79 Å². The Morgan fingerprint density at radius 2 is 1.96 bits per heavy atom. The van der Waals surface area contributed by atoms with Crippen molar-refractivity contribution in [2.75, 3.05) is 13.6 Å². The number of carbonyl (C=O) groups is 1. The minimum absolute atomic E-state index is 0.0417. The van der Waals surface area contributed by atoms with Crippen LogP contribution in [0, 0.1) is 0 Å². The number of amides is 1. The van der Waals surface area contributed by atoms with Crippen molar-refractivity contribution in [2.24, 2.45) is 0 Å². The zero-order valence-electron chi connectivity index (χ0n) is 14.2. The number of hydrogen-bond donors (Lipinski definition) is 1. The second-order valence-electron chi connectivity index (χ2n) is 5.98. The summed E-state index contributed by atoms with van der Waals surface area (Å²) in [6.07, 6.45) is 0. The molecule has 6 heteroatoms. The molecule has 25 heavy (non-hydrogen) atoms. The van der Waals surface area contributed by atoms with E-state index in [4.69, 9.17) is 11.6 Å². The fourth-order valence-corrected chi connectivity index (χ4v) is 3.67. The lowest BCUT2D eigenvalue weighted by atomic mass is 10.1. The monoisotopic (exact) mass is 373 g/mol. The molecule has 0 spiro atoms. The number of nitrogens with zero attached hydrogens (tertiary/aromatic N) is 2. The van der Waals surface area contributed by atoms with Gasteiger partial charge in [0.05, 0.1) is 23.3 Å². The van der Waals surface area contributed by atoms with Crippen LogP contribution >= 0.6 is 22.9 Å². The highest BCUT2D eigenvalue weighted by Crippen LogP contribution is 2.22. The van der Waals surface area contributed by atoms with Crippen LogP contribution in [0.3, 0.4) is 0 Å². The van der Waals surface area contributed by atoms with Gasteiger partial charge in [0.15, 0.2) is 0 Å². The predicted octanol–water partition coefficient (Wildman–Crippen LogP) is 4.26. The summed E-state index contributed by atoms with van der Waals surface area (Å²) in [6, 6.07) is 15.7. The minimum Gasteiger partial charge on any atom is -0.338 e. The maximum atomic E-state index is 12.4. The van der Waals surface area contributed by atoms with Crippen LogP contribution in [-0.4, -0.2) is 29.4 Å². The number of rotatable bonds is 6. The van der Waals surface area contributed by atoms with Gasteiger partial charge in [-0.2, -0.15) is 0 Å². The molecule has 0 aliphatic carbocycles. The molecule has 1 atom stereocenters. The van der Waals surface area contributed by atoms with E-state index in [1.807, 2.05) is 62.5 Å². The van der Waals surface area contributed by atoms with Gasteiger partial charge >= 0.3 is 0 Å². The molecule has 0 radical (unpaired) electrons. The molecule has 0 saturated carbocycles. The Bertz CT molecular complexity index is 829. The van der Waals surface area contributed by atoms with Crippen LogP contribution in [0.2, 0.25) is 5.02 Å². The summed E-state index contributed by atoms with van der Waals surface area (Å²) < 4.78 is 1.15. The summed E-state index contributed by atoms with van der Waals surface area (Å²) in [5, 5.41) is 4.92. The van der Waals surface area contributed by atoms with Gasteiger partial charge in [0.25, 0.3) is 0 Å². The molecule has 2 aromatic carbocycles. The number of nitrogens with one attached hydrogen (secondary N) is 1. The average molecular weight is 374 g/mol. The number of carbonyl (C=O) groups excluding carboxylic acids is 1. The molecule has 1 N–H and O–H groups in total. The van der Waals surface area contributed by atoms with Gasteiger partial charge in [-0.25, -0.2) is 4.98 Å². The molecule has 0 bridgehead atoms. The third-order valence-electron chi connectivity index (χ3n) is 4.07. The number of thiazole rings is 1. The van der Waals surface area contributed by atoms with Gasteiger partial charge < -0.3 is 10.2 Å². The van der Waals surface area contributed by atoms with E-state index >= 15 is 0 Å². The molecule has 0 saturated heterocycles. The average Bonchev–Trinajstić information content (AvgIpc) is 3.02. The van der Waals surface area contributed by atoms with Crippen molar-refractivity contribution in [3.05, 3.63) is 64.1 Å². The Morgan fingerprint density at radius 1 is 1.24 bits per heavy atom. The highest BCUT2D eigenvalue weighted by molar-refractivity contribution is 7.18. The summed E-state index contributed by atoms with van der Waals surface area (Å²) >= 11 is 7.53. The molecule has 0 fully saturated rings. The van der Waals surface area contributed by atoms with Crippen LogP contribution in [-0.2, 0) is 11.3 Å². The molecule has 0 aliphatic rings. The predicted molar refractivity (Wildman–Crippen MR) is 104 cm³/mol. The van der Waals surface area contributed by atoms with Crippen molar-refractivity contribution >= 4 is 39.1 Å². The number of likely N-dealkylation sites (N-methyl/N-ethyl adjacent to an activating group) is 1. The highest BCUT2D eigenvalue weighted by atomic mass is 35.5. The maximum Gasteiger partial charge on any atom is 0.236 e. The van der Waals surface area contributed by atoms with Crippen LogP contribution in [0.4, 0.5) is 0 Å². The van der Waals surface area contributed by atoms with Crippen molar-refractivity contribution in [3.63, 3.8) is 0 Å². The van der Waals surface area contributed by atoms with E-state index in [-0.39, 0.29) is 18.5 Å². The third-order valence-corrected chi connectivity index (χ3v) is 5.34. The van der Waals surface area contributed by atoms with Crippen molar-refractivity contribution in [1.82, 2.24) is 15.2 Å². The zero-order valence-corrected chi connectivity index (χ0v) is 15.8. The number of hydrogen-bond acceptors (Lipinski definition) is 4. The molecule has 0 aliphatic heterocycles. The van der Waals surface area contributed by atoms with Crippen molar-refractivity contribution in [3.8, 4) is 0 Å². The first-order valence-corrected chi connectivity index (χ1v) is 9.29. The maximum absolute atomic E-state index is 12.4. The topological polar surface area (TPSA) is 45.2 Å². The van der Waals surface area contributed by atoms with Gasteiger partial charge in [-0.3, -0.25) is 4.79 Å². The summed E-state index contributed by atoms with van der Waals surface area (Å²) in [4.78, 5) is 18.7. The molecule has 3 aromatic rings. The standard InChI is InChI=1S/C19H20ClN3OS/c1-13(14-7-9-15(20)10-8-14)21-11-19(24)23(2)12-18-22-16-5-3-4-6-17(16)25-18/h3-10,13,21H,11-12H2,1-2H3/t13-/m0/s1. The third kappa shape index (κ3) is 4.57. The van der Waals surface area contributed by atoms with Crippen molar-refractivity contribution < 1.29 is 4.79 Å². The van der Waals surface area contributed by atoms with Crippen LogP contribution < -0.4 is 5.32 Å². The molecule has 4 nitrogen and oxygen atoms in total. The number of para-hydroxylation sites is 1. The smallest absolute Gasteiger partial charge is 0.236 e. The molecule has 1 heterocycles. The van der Waals surface area contributed by atoms with Gasteiger partial charge in [-0.05, 0) is 36.8 Å². The van der Waals surface area contributed by atoms with E-state index in [2.05, 4.69) is 10.3 Å². The lowest BCUT2D eigenvalue weighted by Crippen LogP contribution is -2.36. The van der Waals surface area contributed by atoms with E-state index in [1.165, 1.54) is 0 Å². The minimum atomic E-state index is 0.0417. The fourth-order valence-electron chi connectivity index (χ4n) is 2.52. The Balaban J connectivity index is 1.54. The second-order valence-corrected chi connectivity index (χ2v) is 7.53. The number of aromatic nitrogens is 1. The Labute approximate surface area is 156 Å². The van der Waals surface area contributed by atoms with Crippen LogP contribution in [0.1, 0.15) is 23.5 Å². The zero-order chi connectivity index (χ0) is 17.8. The van der Waals surface area contributed by atoms with E-state index in [0.29, 0.717) is 11.6 Å². The molecular formula is C19H20ClN3OS. The number of halogens is 1. The highest BCUT2D eigenvalue weighted by Gasteiger charge is 2.14. The Morgan fingerprint density at radius 3 is 2.68 bits per heavy atom. The van der Waals surface area contributed by atoms with Gasteiger partial charge in [-0.15, -0.1) is 11.3 Å². The lowest BCUT2D eigenvalue weighted by molar-refractivity contribution is -0.129. The van der Waals surface area contributed by atoms with Gasteiger partial charge in [0, 0.05) is 18.1 Å². The summed E-state index contributed by atoms with van der Waals surface area (Å²) in [5.41, 5.74) is 2.09. The quantitative estimate of drug-likeness (QED) is 0.702. The molecule has 3 rings (SSSR count). The van der Waals surface area contributed by atoms with Gasteiger partial charge in [-0.1, -0.05) is 35.9 Å². The first-order chi connectivity index (χ1) is 12.0. The van der Waals surface area contributed by atoms with Gasteiger partial charge in [0.2, 0.25) is 5.91 Å². The van der Waals surface area contributed by atoms with Gasteiger partial charge in [0.1, 0.15) is 5.01 Å². The van der Waals surface area contributed by atoms with E-state index < -0.39 is 0 Å². The summed E-state index contributed by atoms with van der Waals surface area (Å²) in [7, 11) is 1.81. The normalized spacial score (nSPS) is 12.3. The molecule has 0 unspecified atom stereocenters. The molecule has 1 amide bonds. The van der Waals surface area contributed by atoms with Crippen molar-refractivity contribution in [2.45, 2.75) is 19.5 Å². The van der Waals surface area contributed by atoms with Crippen molar-refractivity contribution in [1.29, 1.82) is 0 Å². The Hall–Kier alpha value is -1.95. The van der Waals surface area contributed by atoms with Crippen LogP contribution in [0.15, 0.2) is 48.5 Å². The van der Waals surface area contributed by atoms with E-state index in [1.54, 1.807) is 16.2 Å². The molecular weight excluding hydrogens is 354 g/mol. The largest absolute Gasteiger partial charge is 0.338 e. The molecule has 130 valence electrons. The van der Waals surface area contributed by atoms with Crippen LogP contribution in [0.25, 0.3) is 10.2 Å². The van der Waals surface area contributed by atoms with Crippen LogP contribution in [0.5, 0.6) is 0 Å². The second kappa shape index (κ2) is 7.95. The first-order valence-electron chi connectivity index (χ1n) is 8.10. The Kier molecular flexibility index (Phi) is 5.68. The first kappa shape index (κ1) is 17.9. The summed E-state index contributed by atoms with van der Waals surface area (Å²) in [5.74, 6) is 0.0417. The number of benzene rings is 2.